The van der Waals surface area contributed by atoms with E-state index in [0.717, 1.165) is 0 Å². The van der Waals surface area contributed by atoms with Crippen molar-refractivity contribution >= 4 is 15.9 Å². The lowest BCUT2D eigenvalue weighted by molar-refractivity contribution is 1.11. The van der Waals surface area contributed by atoms with E-state index in [4.69, 9.17) is 2.74 Å². The smallest absolute Gasteiger partial charge is 0.196 e. The maximum atomic E-state index is 6.99. The Hall–Kier alpha value is -0.440. The van der Waals surface area contributed by atoms with E-state index in [2.05, 4.69) is 25.9 Å². The summed E-state index contributed by atoms with van der Waals surface area (Å²) < 4.78 is 14.3. The molecule has 0 amide bonds. The minimum atomic E-state index is -0.0584. The van der Waals surface area contributed by atoms with Gasteiger partial charge in [-0.2, -0.15) is 0 Å². The molecule has 0 aliphatic heterocycles. The van der Waals surface area contributed by atoms with Gasteiger partial charge in [0.15, 0.2) is 4.73 Å². The molecule has 0 aliphatic carbocycles. The summed E-state index contributed by atoms with van der Waals surface area (Å²) in [4.78, 5) is 7.20. The van der Waals surface area contributed by atoms with Crippen LogP contribution in [0.4, 0.5) is 0 Å². The molecule has 0 aliphatic rings. The van der Waals surface area contributed by atoms with Gasteiger partial charge in [0, 0.05) is 12.4 Å². The number of hydrogen-bond acceptors (Lipinski definition) is 2. The third-order valence-electron chi connectivity index (χ3n) is 0.448. The van der Waals surface area contributed by atoms with Gasteiger partial charge in [0.1, 0.15) is 0 Å². The first-order valence-corrected chi connectivity index (χ1v) is 2.45. The van der Waals surface area contributed by atoms with E-state index < -0.39 is 0 Å². The van der Waals surface area contributed by atoms with E-state index >= 15 is 0 Å². The molecular weight excluding hydrogens is 156 g/mol. The summed E-state index contributed by atoms with van der Waals surface area (Å²) in [7, 11) is 0. The van der Waals surface area contributed by atoms with Crippen molar-refractivity contribution in [2.24, 2.45) is 0 Å². The topological polar surface area (TPSA) is 25.8 Å². The largest absolute Gasteiger partial charge is 0.231 e. The van der Waals surface area contributed by atoms with Gasteiger partial charge in [-0.25, -0.2) is 9.97 Å². The monoisotopic (exact) mass is 160 g/mol. The number of hydrogen-bond donors (Lipinski definition) is 0. The predicted octanol–water partition coefficient (Wildman–Crippen LogP) is 1.24. The normalized spacial score (nSPS) is 12.7. The van der Waals surface area contributed by atoms with Crippen LogP contribution in [0, 0.1) is 0 Å². The second-order valence-electron chi connectivity index (χ2n) is 0.895. The first-order valence-electron chi connectivity index (χ1n) is 2.66. The lowest BCUT2D eigenvalue weighted by Gasteiger charge is -1.79. The van der Waals surface area contributed by atoms with E-state index in [0.29, 0.717) is 4.73 Å². The Balaban J connectivity index is 3.17. The van der Waals surface area contributed by atoms with Crippen molar-refractivity contribution in [3.8, 4) is 0 Å². The van der Waals surface area contributed by atoms with Crippen LogP contribution in [0.5, 0.6) is 0 Å². The van der Waals surface area contributed by atoms with Crippen LogP contribution in [-0.2, 0) is 0 Å². The zero-order valence-electron chi connectivity index (χ0n) is 5.35. The van der Waals surface area contributed by atoms with Gasteiger partial charge in [0.05, 0.1) is 2.74 Å². The first-order chi connectivity index (χ1) is 4.20. The molecule has 0 bridgehead atoms. The molecule has 1 aromatic heterocycles. The summed E-state index contributed by atoms with van der Waals surface area (Å²) in [6.07, 6.45) is 1.22. The fraction of sp³-hybridized carbons (Fsp3) is 0. The van der Waals surface area contributed by atoms with Crippen LogP contribution < -0.4 is 0 Å². The molecule has 0 fully saturated rings. The fourth-order valence-corrected chi connectivity index (χ4v) is 0.413. The van der Waals surface area contributed by atoms with Gasteiger partial charge >= 0.3 is 0 Å². The van der Waals surface area contributed by atoms with Crippen molar-refractivity contribution in [2.45, 2.75) is 0 Å². The maximum Gasteiger partial charge on any atom is 0.196 e. The van der Waals surface area contributed by atoms with Gasteiger partial charge in [-0.05, 0) is 22.0 Å². The zero-order chi connectivity index (χ0) is 6.85. The molecule has 36 valence electrons. The van der Waals surface area contributed by atoms with Crippen molar-refractivity contribution in [1.29, 1.82) is 0 Å². The van der Waals surface area contributed by atoms with Crippen molar-refractivity contribution < 1.29 is 2.74 Å². The molecule has 0 unspecified atom stereocenters. The molecule has 2 nitrogen and oxygen atoms in total. The SMILES string of the molecule is [2H]c1cnc(Br)nc1[2H]. The minimum absolute atomic E-state index is 0.0400. The summed E-state index contributed by atoms with van der Waals surface area (Å²) in [6.45, 7) is 0. The number of aromatic nitrogens is 2. The molecule has 1 aromatic rings. The Bertz CT molecular complexity index is 228. The summed E-state index contributed by atoms with van der Waals surface area (Å²) >= 11 is 2.97. The third-order valence-corrected chi connectivity index (χ3v) is 0.830. The van der Waals surface area contributed by atoms with Gasteiger partial charge in [-0.1, -0.05) is 0 Å². The second kappa shape index (κ2) is 2.02. The van der Waals surface area contributed by atoms with Crippen molar-refractivity contribution in [3.63, 3.8) is 0 Å². The Morgan fingerprint density at radius 1 is 1.71 bits per heavy atom. The zero-order valence-corrected chi connectivity index (χ0v) is 4.94. The van der Waals surface area contributed by atoms with E-state index in [1.807, 2.05) is 0 Å². The minimum Gasteiger partial charge on any atom is -0.231 e. The highest BCUT2D eigenvalue weighted by atomic mass is 79.9. The van der Waals surface area contributed by atoms with E-state index in [1.165, 1.54) is 6.20 Å². The van der Waals surface area contributed by atoms with Crippen LogP contribution in [0.15, 0.2) is 23.1 Å². The summed E-state index contributed by atoms with van der Waals surface area (Å²) in [5, 5.41) is 0. The molecular formula is C4H3BrN2. The Morgan fingerprint density at radius 2 is 2.57 bits per heavy atom. The molecule has 3 heteroatoms. The highest BCUT2D eigenvalue weighted by Crippen LogP contribution is 1.94. The summed E-state index contributed by atoms with van der Waals surface area (Å²) in [5.74, 6) is 0. The average Bonchev–Trinajstić information content (AvgIpc) is 1.80. The standard InChI is InChI=1S/C4H3BrN2/c5-4-6-2-1-3-7-4/h1-3H/i1D,2D. The molecule has 0 radical (unpaired) electrons. The lowest BCUT2D eigenvalue weighted by atomic mass is 10.7. The van der Waals surface area contributed by atoms with Crippen molar-refractivity contribution in [2.75, 3.05) is 0 Å². The highest BCUT2D eigenvalue weighted by molar-refractivity contribution is 9.10. The first kappa shape index (κ1) is 2.77. The fourth-order valence-electron chi connectivity index (χ4n) is 0.222. The van der Waals surface area contributed by atoms with E-state index in [-0.39, 0.29) is 12.2 Å². The molecule has 0 aromatic carbocycles. The number of nitrogens with zero attached hydrogens (tertiary/aromatic N) is 2. The molecule has 0 saturated carbocycles. The molecule has 0 N–H and O–H groups in total. The van der Waals surface area contributed by atoms with Crippen LogP contribution in [0.1, 0.15) is 2.74 Å². The molecule has 7 heavy (non-hydrogen) atoms. The Kier molecular flexibility index (Phi) is 0.800. The molecule has 1 rings (SSSR count). The van der Waals surface area contributed by atoms with Gasteiger partial charge in [-0.15, -0.1) is 0 Å². The Labute approximate surface area is 52.5 Å². The van der Waals surface area contributed by atoms with Gasteiger partial charge in [0.2, 0.25) is 0 Å². The van der Waals surface area contributed by atoms with Crippen LogP contribution in [0.2, 0.25) is 0 Å². The second-order valence-corrected chi connectivity index (χ2v) is 1.60. The maximum absolute atomic E-state index is 6.99. The lowest BCUT2D eigenvalue weighted by Crippen LogP contribution is -1.74. The van der Waals surface area contributed by atoms with Crippen LogP contribution in [-0.4, -0.2) is 9.97 Å². The third kappa shape index (κ3) is 1.23. The summed E-state index contributed by atoms with van der Waals surface area (Å²) in [5.41, 5.74) is 0. The number of halogens is 1. The Morgan fingerprint density at radius 3 is 3.14 bits per heavy atom. The number of rotatable bonds is 0. The molecule has 0 saturated heterocycles. The van der Waals surface area contributed by atoms with Gasteiger partial charge < -0.3 is 0 Å². The van der Waals surface area contributed by atoms with E-state index in [1.54, 1.807) is 0 Å². The average molecular weight is 161 g/mol. The van der Waals surface area contributed by atoms with Crippen LogP contribution >= 0.6 is 15.9 Å². The summed E-state index contributed by atoms with van der Waals surface area (Å²) in [6, 6.07) is 0.0400. The molecule has 0 spiro atoms. The van der Waals surface area contributed by atoms with Gasteiger partial charge in [0.25, 0.3) is 0 Å². The van der Waals surface area contributed by atoms with Crippen molar-refractivity contribution in [1.82, 2.24) is 9.97 Å². The van der Waals surface area contributed by atoms with Gasteiger partial charge in [-0.3, -0.25) is 0 Å². The molecule has 1 heterocycles. The predicted molar refractivity (Wildman–Crippen MR) is 29.7 cm³/mol. The van der Waals surface area contributed by atoms with Crippen LogP contribution in [0.3, 0.4) is 0 Å². The van der Waals surface area contributed by atoms with Crippen molar-refractivity contribution in [3.05, 3.63) is 23.1 Å². The van der Waals surface area contributed by atoms with E-state index in [9.17, 15) is 0 Å². The quantitative estimate of drug-likeness (QED) is 0.535. The van der Waals surface area contributed by atoms with Crippen LogP contribution in [0.25, 0.3) is 0 Å². The highest BCUT2D eigenvalue weighted by Gasteiger charge is 1.77. The molecule has 0 atom stereocenters.